The van der Waals surface area contributed by atoms with Crippen LogP contribution in [0, 0.1) is 5.41 Å². The third-order valence-electron chi connectivity index (χ3n) is 5.80. The fraction of sp³-hybridized carbons (Fsp3) is 0.348. The lowest BCUT2D eigenvalue weighted by Gasteiger charge is -2.20. The smallest absolute Gasteiger partial charge is 0.203 e. The van der Waals surface area contributed by atoms with Crippen molar-refractivity contribution in [2.75, 3.05) is 21.3 Å². The molecule has 7 nitrogen and oxygen atoms in total. The number of methoxy groups -OCH3 is 3. The molecule has 1 unspecified atom stereocenters. The highest BCUT2D eigenvalue weighted by Crippen LogP contribution is 2.44. The van der Waals surface area contributed by atoms with E-state index in [-0.39, 0.29) is 5.78 Å². The van der Waals surface area contributed by atoms with Crippen molar-refractivity contribution < 1.29 is 19.0 Å². The zero-order valence-electron chi connectivity index (χ0n) is 17.7. The van der Waals surface area contributed by atoms with E-state index in [0.29, 0.717) is 46.1 Å². The fourth-order valence-corrected chi connectivity index (χ4v) is 4.13. The van der Waals surface area contributed by atoms with Crippen molar-refractivity contribution in [2.45, 2.75) is 26.2 Å². The molecule has 1 N–H and O–H groups in total. The lowest BCUT2D eigenvalue weighted by Crippen LogP contribution is -2.24. The molecule has 2 aromatic heterocycles. The second kappa shape index (κ2) is 7.48. The monoisotopic (exact) mass is 407 g/mol. The summed E-state index contributed by atoms with van der Waals surface area (Å²) >= 11 is 0. The summed E-state index contributed by atoms with van der Waals surface area (Å²) in [4.78, 5) is 25.7. The number of ketones is 1. The third kappa shape index (κ3) is 3.20. The van der Waals surface area contributed by atoms with Gasteiger partial charge in [-0.15, -0.1) is 0 Å². The molecule has 156 valence electrons. The van der Waals surface area contributed by atoms with E-state index in [4.69, 9.17) is 19.2 Å². The summed E-state index contributed by atoms with van der Waals surface area (Å²) in [5.41, 5.74) is 3.73. The van der Waals surface area contributed by atoms with Crippen molar-refractivity contribution in [3.63, 3.8) is 0 Å². The summed E-state index contributed by atoms with van der Waals surface area (Å²) in [5, 5.41) is 0. The molecule has 4 rings (SSSR count). The summed E-state index contributed by atoms with van der Waals surface area (Å²) in [5.74, 6) is 1.63. The molecule has 2 heterocycles. The van der Waals surface area contributed by atoms with Crippen molar-refractivity contribution in [3.8, 4) is 28.5 Å². The number of carbonyl (C=O) groups excluding carboxylic acids is 1. The van der Waals surface area contributed by atoms with Crippen LogP contribution in [0.4, 0.5) is 0 Å². The quantitative estimate of drug-likeness (QED) is 0.475. The van der Waals surface area contributed by atoms with Gasteiger partial charge in [0.25, 0.3) is 0 Å². The molecule has 7 heteroatoms. The standard InChI is InChI=1S/C23H25N3O4/c1-13-6-7-23(2,10-13)21(27)15-11-24-22-19(15)26-16(12-25-22)14-8-17(28-3)20(30-5)18(9-14)29-4/h8-9,11-12H,1,6-7,10H2,2-5H3,(H,24,25). The number of rotatable bonds is 6. The summed E-state index contributed by atoms with van der Waals surface area (Å²) in [7, 11) is 4.69. The lowest BCUT2D eigenvalue weighted by atomic mass is 9.81. The first-order valence-electron chi connectivity index (χ1n) is 9.76. The van der Waals surface area contributed by atoms with Crippen LogP contribution in [0.2, 0.25) is 0 Å². The molecule has 0 radical (unpaired) electrons. The number of nitrogens with one attached hydrogen (secondary N) is 1. The zero-order chi connectivity index (χ0) is 21.5. The van der Waals surface area contributed by atoms with E-state index in [1.165, 1.54) is 0 Å². The number of aromatic amines is 1. The molecule has 1 aliphatic rings. The van der Waals surface area contributed by atoms with E-state index in [0.717, 1.165) is 24.0 Å². The van der Waals surface area contributed by atoms with E-state index in [2.05, 4.69) is 16.5 Å². The van der Waals surface area contributed by atoms with Gasteiger partial charge in [0.15, 0.2) is 22.9 Å². The van der Waals surface area contributed by atoms with Crippen LogP contribution in [-0.4, -0.2) is 42.1 Å². The average Bonchev–Trinajstić information content (AvgIpc) is 3.34. The molecular formula is C23H25N3O4. The number of aromatic nitrogens is 3. The fourth-order valence-electron chi connectivity index (χ4n) is 4.13. The van der Waals surface area contributed by atoms with Gasteiger partial charge >= 0.3 is 0 Å². The van der Waals surface area contributed by atoms with Crippen molar-refractivity contribution in [2.24, 2.45) is 5.41 Å². The van der Waals surface area contributed by atoms with Crippen molar-refractivity contribution in [1.29, 1.82) is 0 Å². The first-order valence-corrected chi connectivity index (χ1v) is 9.76. The summed E-state index contributed by atoms with van der Waals surface area (Å²) in [6.07, 6.45) is 5.76. The molecule has 0 spiro atoms. The van der Waals surface area contributed by atoms with Gasteiger partial charge in [-0.05, 0) is 31.4 Å². The number of fused-ring (bicyclic) bond motifs is 1. The first-order chi connectivity index (χ1) is 14.4. The summed E-state index contributed by atoms with van der Waals surface area (Å²) < 4.78 is 16.3. The first kappa shape index (κ1) is 19.9. The van der Waals surface area contributed by atoms with Crippen molar-refractivity contribution in [3.05, 3.63) is 42.2 Å². The van der Waals surface area contributed by atoms with Crippen molar-refractivity contribution >= 4 is 16.9 Å². The van der Waals surface area contributed by atoms with Crippen LogP contribution in [0.3, 0.4) is 0 Å². The minimum absolute atomic E-state index is 0.0729. The molecule has 1 aliphatic carbocycles. The van der Waals surface area contributed by atoms with Crippen LogP contribution in [0.5, 0.6) is 17.2 Å². The number of Topliss-reactive ketones (excluding diaryl/α,β-unsaturated/α-hetero) is 1. The number of ether oxygens (including phenoxy) is 3. The average molecular weight is 407 g/mol. The molecule has 0 aliphatic heterocycles. The van der Waals surface area contributed by atoms with E-state index in [9.17, 15) is 4.79 Å². The van der Waals surface area contributed by atoms with Gasteiger partial charge in [-0.25, -0.2) is 9.97 Å². The third-order valence-corrected chi connectivity index (χ3v) is 5.80. The number of hydrogen-bond donors (Lipinski definition) is 1. The van der Waals surface area contributed by atoms with E-state index in [1.807, 2.05) is 19.1 Å². The summed E-state index contributed by atoms with van der Waals surface area (Å²) in [6, 6.07) is 3.63. The molecule has 1 saturated carbocycles. The maximum absolute atomic E-state index is 13.3. The number of hydrogen-bond acceptors (Lipinski definition) is 6. The Morgan fingerprint density at radius 2 is 1.87 bits per heavy atom. The highest BCUT2D eigenvalue weighted by Gasteiger charge is 2.39. The number of allylic oxidation sites excluding steroid dienone is 1. The molecule has 0 bridgehead atoms. The number of carbonyl (C=O) groups is 1. The second-order valence-corrected chi connectivity index (χ2v) is 7.89. The van der Waals surface area contributed by atoms with Crippen LogP contribution < -0.4 is 14.2 Å². The highest BCUT2D eigenvalue weighted by atomic mass is 16.5. The largest absolute Gasteiger partial charge is 0.493 e. The van der Waals surface area contributed by atoms with Crippen molar-refractivity contribution in [1.82, 2.24) is 15.0 Å². The number of H-pyrrole nitrogens is 1. The Kier molecular flexibility index (Phi) is 4.97. The SMILES string of the molecule is C=C1CCC(C)(C(=O)c2c[nH]c3ncc(-c4cc(OC)c(OC)c(OC)c4)nc23)C1. The Hall–Kier alpha value is -3.35. The van der Waals surface area contributed by atoms with E-state index >= 15 is 0 Å². The molecule has 0 amide bonds. The van der Waals surface area contributed by atoms with E-state index in [1.54, 1.807) is 33.7 Å². The van der Waals surface area contributed by atoms with Gasteiger partial charge in [0, 0.05) is 17.2 Å². The molecule has 3 aromatic rings. The number of nitrogens with zero attached hydrogens (tertiary/aromatic N) is 2. The Balaban J connectivity index is 1.80. The molecule has 1 atom stereocenters. The van der Waals surface area contributed by atoms with E-state index < -0.39 is 5.41 Å². The normalized spacial score (nSPS) is 18.6. The minimum atomic E-state index is -0.448. The predicted molar refractivity (Wildman–Crippen MR) is 114 cm³/mol. The van der Waals surface area contributed by atoms with Crippen LogP contribution in [0.25, 0.3) is 22.4 Å². The van der Waals surface area contributed by atoms with Gasteiger partial charge in [0.2, 0.25) is 5.75 Å². The molecule has 0 saturated heterocycles. The van der Waals surface area contributed by atoms with Gasteiger partial charge in [-0.3, -0.25) is 4.79 Å². The second-order valence-electron chi connectivity index (χ2n) is 7.89. The Morgan fingerprint density at radius 1 is 1.17 bits per heavy atom. The van der Waals surface area contributed by atoms with Gasteiger partial charge in [0.05, 0.1) is 38.8 Å². The maximum atomic E-state index is 13.3. The molecule has 1 fully saturated rings. The van der Waals surface area contributed by atoms with Gasteiger partial charge in [0.1, 0.15) is 5.52 Å². The van der Waals surface area contributed by atoms with Crippen LogP contribution >= 0.6 is 0 Å². The topological polar surface area (TPSA) is 86.3 Å². The van der Waals surface area contributed by atoms with Crippen LogP contribution in [-0.2, 0) is 0 Å². The van der Waals surface area contributed by atoms with Gasteiger partial charge < -0.3 is 19.2 Å². The minimum Gasteiger partial charge on any atom is -0.493 e. The maximum Gasteiger partial charge on any atom is 0.203 e. The van der Waals surface area contributed by atoms with Crippen LogP contribution in [0.1, 0.15) is 36.5 Å². The Morgan fingerprint density at radius 3 is 2.43 bits per heavy atom. The number of benzene rings is 1. The molecule has 1 aromatic carbocycles. The molecule has 30 heavy (non-hydrogen) atoms. The Labute approximate surface area is 175 Å². The van der Waals surface area contributed by atoms with Gasteiger partial charge in [-0.1, -0.05) is 19.1 Å². The van der Waals surface area contributed by atoms with Gasteiger partial charge in [-0.2, -0.15) is 0 Å². The zero-order valence-corrected chi connectivity index (χ0v) is 17.7. The Bertz CT molecular complexity index is 1130. The lowest BCUT2D eigenvalue weighted by molar-refractivity contribution is 0.0828. The predicted octanol–water partition coefficient (Wildman–Crippen LogP) is 4.58. The summed E-state index contributed by atoms with van der Waals surface area (Å²) in [6.45, 7) is 6.06. The van der Waals surface area contributed by atoms with Crippen LogP contribution in [0.15, 0.2) is 36.7 Å². The highest BCUT2D eigenvalue weighted by molar-refractivity contribution is 6.09. The molecular weight excluding hydrogens is 382 g/mol.